The van der Waals surface area contributed by atoms with E-state index in [4.69, 9.17) is 4.74 Å². The number of hydrogen-bond acceptors (Lipinski definition) is 3. The van der Waals surface area contributed by atoms with Crippen molar-refractivity contribution in [3.63, 3.8) is 0 Å². The lowest BCUT2D eigenvalue weighted by atomic mass is 10.1. The minimum atomic E-state index is 0.404. The van der Waals surface area contributed by atoms with Crippen molar-refractivity contribution in [3.8, 4) is 0 Å². The molecule has 1 unspecified atom stereocenters. The lowest BCUT2D eigenvalue weighted by molar-refractivity contribution is 0.0455. The molecule has 1 aromatic carbocycles. The van der Waals surface area contributed by atoms with Gasteiger partial charge in [0.25, 0.3) is 0 Å². The third-order valence-corrected chi connectivity index (χ3v) is 4.75. The van der Waals surface area contributed by atoms with Gasteiger partial charge in [0.2, 0.25) is 0 Å². The molecular weight excluding hydrogens is 310 g/mol. The highest BCUT2D eigenvalue weighted by Crippen LogP contribution is 2.35. The Hall–Kier alpha value is -0.0300. The zero-order valence-electron chi connectivity index (χ0n) is 10.9. The summed E-state index contributed by atoms with van der Waals surface area (Å²) in [4.78, 5) is 1.37. The summed E-state index contributed by atoms with van der Waals surface area (Å²) in [6.45, 7) is 7.26. The summed E-state index contributed by atoms with van der Waals surface area (Å²) in [5, 5.41) is 4.18. The molecule has 0 spiro atoms. The molecule has 0 bridgehead atoms. The number of thioether (sulfide) groups is 1. The van der Waals surface area contributed by atoms with E-state index in [1.165, 1.54) is 16.9 Å². The average molecular weight is 330 g/mol. The molecule has 0 aliphatic carbocycles. The van der Waals surface area contributed by atoms with Crippen molar-refractivity contribution in [2.75, 3.05) is 19.8 Å². The van der Waals surface area contributed by atoms with Gasteiger partial charge in [0.05, 0.1) is 18.5 Å². The molecule has 2 nitrogen and oxygen atoms in total. The highest BCUT2D eigenvalue weighted by molar-refractivity contribution is 9.10. The minimum Gasteiger partial charge on any atom is -0.379 e. The first-order chi connectivity index (χ1) is 8.70. The molecule has 0 amide bonds. The number of halogens is 1. The maximum absolute atomic E-state index is 5.25. The predicted octanol–water partition coefficient (Wildman–Crippen LogP) is 4.00. The van der Waals surface area contributed by atoms with E-state index in [1.807, 2.05) is 11.8 Å². The van der Waals surface area contributed by atoms with Crippen LogP contribution in [0.15, 0.2) is 27.6 Å². The van der Waals surface area contributed by atoms with Crippen molar-refractivity contribution in [2.24, 2.45) is 0 Å². The summed E-state index contributed by atoms with van der Waals surface area (Å²) in [5.41, 5.74) is 1.39. The largest absolute Gasteiger partial charge is 0.379 e. The molecule has 2 rings (SSSR count). The van der Waals surface area contributed by atoms with Crippen LogP contribution in [0.3, 0.4) is 0 Å². The second-order valence-corrected chi connectivity index (χ2v) is 6.89. The Balaban J connectivity index is 2.10. The summed E-state index contributed by atoms with van der Waals surface area (Å²) < 4.78 is 6.40. The maximum atomic E-state index is 5.25. The Bertz CT molecular complexity index is 395. The molecule has 100 valence electrons. The van der Waals surface area contributed by atoms with Crippen LogP contribution >= 0.6 is 27.7 Å². The van der Waals surface area contributed by atoms with Crippen LogP contribution in [0.1, 0.15) is 31.9 Å². The number of nitrogens with one attached hydrogen (secondary N) is 1. The zero-order chi connectivity index (χ0) is 13.0. The lowest BCUT2D eigenvalue weighted by Gasteiger charge is -2.27. The normalized spacial score (nSPS) is 17.5. The van der Waals surface area contributed by atoms with E-state index in [0.29, 0.717) is 11.3 Å². The van der Waals surface area contributed by atoms with Gasteiger partial charge < -0.3 is 10.1 Å². The smallest absolute Gasteiger partial charge is 0.0611 e. The van der Waals surface area contributed by atoms with Crippen LogP contribution in [0.25, 0.3) is 0 Å². The van der Waals surface area contributed by atoms with Gasteiger partial charge in [-0.05, 0) is 37.6 Å². The van der Waals surface area contributed by atoms with Gasteiger partial charge in [-0.25, -0.2) is 0 Å². The van der Waals surface area contributed by atoms with Crippen molar-refractivity contribution in [3.05, 3.63) is 28.2 Å². The molecule has 1 aliphatic heterocycles. The third-order valence-electron chi connectivity index (χ3n) is 3.04. The van der Waals surface area contributed by atoms with Crippen LogP contribution in [0, 0.1) is 0 Å². The van der Waals surface area contributed by atoms with Crippen molar-refractivity contribution in [1.82, 2.24) is 5.32 Å². The fraction of sp³-hybridized carbons (Fsp3) is 0.571. The summed E-state index contributed by atoms with van der Waals surface area (Å²) >= 11 is 5.50. The summed E-state index contributed by atoms with van der Waals surface area (Å²) in [5.74, 6) is 0. The van der Waals surface area contributed by atoms with Gasteiger partial charge >= 0.3 is 0 Å². The SMILES string of the molecule is CCCNC(C)c1ccc(Br)cc1SC1COC1. The van der Waals surface area contributed by atoms with Crippen molar-refractivity contribution in [2.45, 2.75) is 36.5 Å². The van der Waals surface area contributed by atoms with Gasteiger partial charge in [-0.1, -0.05) is 28.9 Å². The molecule has 0 radical (unpaired) electrons. The Morgan fingerprint density at radius 1 is 1.50 bits per heavy atom. The fourth-order valence-corrected chi connectivity index (χ4v) is 3.68. The van der Waals surface area contributed by atoms with Gasteiger partial charge in [0, 0.05) is 15.4 Å². The molecule has 1 N–H and O–H groups in total. The molecule has 1 atom stereocenters. The number of hydrogen-bond donors (Lipinski definition) is 1. The topological polar surface area (TPSA) is 21.3 Å². The highest BCUT2D eigenvalue weighted by atomic mass is 79.9. The van der Waals surface area contributed by atoms with Crippen molar-refractivity contribution in [1.29, 1.82) is 0 Å². The Morgan fingerprint density at radius 2 is 2.28 bits per heavy atom. The quantitative estimate of drug-likeness (QED) is 0.852. The summed E-state index contributed by atoms with van der Waals surface area (Å²) in [6, 6.07) is 6.98. The standard InChI is InChI=1S/C14H20BrNOS/c1-3-6-16-10(2)13-5-4-11(15)7-14(13)18-12-8-17-9-12/h4-5,7,10,12,16H,3,6,8-9H2,1-2H3. The minimum absolute atomic E-state index is 0.404. The first-order valence-corrected chi connectivity index (χ1v) is 8.15. The van der Waals surface area contributed by atoms with Gasteiger partial charge in [0.1, 0.15) is 0 Å². The molecule has 0 saturated carbocycles. The second kappa shape index (κ2) is 6.94. The molecule has 1 saturated heterocycles. The van der Waals surface area contributed by atoms with Crippen LogP contribution in [-0.2, 0) is 4.74 Å². The van der Waals surface area contributed by atoms with Crippen LogP contribution in [0.2, 0.25) is 0 Å². The van der Waals surface area contributed by atoms with Crippen LogP contribution in [0.4, 0.5) is 0 Å². The molecule has 4 heteroatoms. The van der Waals surface area contributed by atoms with Gasteiger partial charge in [0.15, 0.2) is 0 Å². The average Bonchev–Trinajstić information content (AvgIpc) is 2.31. The Labute approximate surface area is 122 Å². The molecule has 1 fully saturated rings. The lowest BCUT2D eigenvalue weighted by Crippen LogP contribution is -2.30. The Morgan fingerprint density at radius 3 is 2.89 bits per heavy atom. The van der Waals surface area contributed by atoms with E-state index >= 15 is 0 Å². The van der Waals surface area contributed by atoms with Gasteiger partial charge in [-0.3, -0.25) is 0 Å². The van der Waals surface area contributed by atoms with E-state index < -0.39 is 0 Å². The van der Waals surface area contributed by atoms with Crippen LogP contribution in [0.5, 0.6) is 0 Å². The molecule has 1 aliphatic rings. The van der Waals surface area contributed by atoms with Crippen LogP contribution in [-0.4, -0.2) is 25.0 Å². The van der Waals surface area contributed by atoms with E-state index in [-0.39, 0.29) is 0 Å². The van der Waals surface area contributed by atoms with Crippen molar-refractivity contribution >= 4 is 27.7 Å². The molecule has 1 aromatic rings. The van der Waals surface area contributed by atoms with Gasteiger partial charge in [-0.2, -0.15) is 0 Å². The number of ether oxygens (including phenoxy) is 1. The van der Waals surface area contributed by atoms with E-state index in [1.54, 1.807) is 0 Å². The van der Waals surface area contributed by atoms with Gasteiger partial charge in [-0.15, -0.1) is 11.8 Å². The first-order valence-electron chi connectivity index (χ1n) is 6.48. The van der Waals surface area contributed by atoms with E-state index in [2.05, 4.69) is 53.3 Å². The molecular formula is C14H20BrNOS. The van der Waals surface area contributed by atoms with E-state index in [9.17, 15) is 0 Å². The first kappa shape index (κ1) is 14.4. The predicted molar refractivity (Wildman–Crippen MR) is 81.3 cm³/mol. The maximum Gasteiger partial charge on any atom is 0.0611 e. The molecule has 18 heavy (non-hydrogen) atoms. The fourth-order valence-electron chi connectivity index (χ4n) is 1.90. The summed E-state index contributed by atoms with van der Waals surface area (Å²) in [7, 11) is 0. The monoisotopic (exact) mass is 329 g/mol. The second-order valence-electron chi connectivity index (χ2n) is 4.64. The number of benzene rings is 1. The zero-order valence-corrected chi connectivity index (χ0v) is 13.3. The highest BCUT2D eigenvalue weighted by Gasteiger charge is 2.22. The summed E-state index contributed by atoms with van der Waals surface area (Å²) in [6.07, 6.45) is 1.17. The molecule has 0 aromatic heterocycles. The van der Waals surface area contributed by atoms with Crippen LogP contribution < -0.4 is 5.32 Å². The number of rotatable bonds is 6. The van der Waals surface area contributed by atoms with E-state index in [0.717, 1.165) is 24.2 Å². The molecule has 1 heterocycles. The van der Waals surface area contributed by atoms with Crippen molar-refractivity contribution < 1.29 is 4.74 Å². The third kappa shape index (κ3) is 3.73. The Kier molecular flexibility index (Phi) is 5.55.